The van der Waals surface area contributed by atoms with Gasteiger partial charge in [0.1, 0.15) is 0 Å². The number of amides is 4. The fourth-order valence-corrected chi connectivity index (χ4v) is 8.23. The first-order valence-corrected chi connectivity index (χ1v) is 20.1. The molecule has 272 valence electrons. The van der Waals surface area contributed by atoms with Crippen molar-refractivity contribution in [1.29, 1.82) is 1.28 Å². The second-order valence-corrected chi connectivity index (χ2v) is 17.7. The van der Waals surface area contributed by atoms with E-state index < -0.39 is 19.1 Å². The summed E-state index contributed by atoms with van der Waals surface area (Å²) in [5.41, 5.74) is 3.92. The summed E-state index contributed by atoms with van der Waals surface area (Å²) >= 11 is 0. The number of anilines is 2. The summed E-state index contributed by atoms with van der Waals surface area (Å²) in [6.45, 7) is 6.97. The van der Waals surface area contributed by atoms with Crippen LogP contribution < -0.4 is 26.6 Å². The number of urea groups is 2. The van der Waals surface area contributed by atoms with Crippen LogP contribution in [0.1, 0.15) is 62.5 Å². The summed E-state index contributed by atoms with van der Waals surface area (Å²) in [7, 11) is 0.324. The Hall–Kier alpha value is -1.43. The molecule has 0 spiro atoms. The Morgan fingerprint density at radius 2 is 1.10 bits per heavy atom. The minimum Gasteiger partial charge on any atom is -0.335 e. The predicted octanol–water partition coefficient (Wildman–Crippen LogP) is 4.72. The normalized spacial score (nSPS) is 18.6. The van der Waals surface area contributed by atoms with Gasteiger partial charge in [0, 0.05) is 78.3 Å². The first-order chi connectivity index (χ1) is 23.3. The maximum absolute atomic E-state index is 12.2. The van der Waals surface area contributed by atoms with E-state index in [0.29, 0.717) is 32.0 Å². The number of carbonyl (C=O) groups is 2. The van der Waals surface area contributed by atoms with Crippen molar-refractivity contribution in [2.45, 2.75) is 87.8 Å². The number of nitrogens with zero attached hydrogens (tertiary/aromatic N) is 1. The number of nitrogens with one attached hydrogen (secondary N) is 5. The van der Waals surface area contributed by atoms with E-state index in [1.807, 2.05) is 62.4 Å². The van der Waals surface area contributed by atoms with Crippen LogP contribution in [0.15, 0.2) is 48.5 Å². The molecule has 4 fully saturated rings. The molecule has 2 heterocycles. The van der Waals surface area contributed by atoms with E-state index >= 15 is 0 Å². The van der Waals surface area contributed by atoms with Gasteiger partial charge in [-0.2, -0.15) is 9.84 Å². The van der Waals surface area contributed by atoms with Crippen molar-refractivity contribution in [3.05, 3.63) is 59.7 Å². The van der Waals surface area contributed by atoms with Crippen molar-refractivity contribution in [2.24, 2.45) is 0 Å². The van der Waals surface area contributed by atoms with E-state index in [2.05, 4.69) is 26.6 Å². The minimum absolute atomic E-state index is 0. The van der Waals surface area contributed by atoms with E-state index in [-0.39, 0.29) is 59.7 Å². The number of rotatable bonds is 7. The van der Waals surface area contributed by atoms with Gasteiger partial charge in [0.25, 0.3) is 0 Å². The van der Waals surface area contributed by atoms with Gasteiger partial charge in [0.2, 0.25) is 19.1 Å². The molecule has 6 rings (SSSR count). The smallest absolute Gasteiger partial charge is 0.319 e. The summed E-state index contributed by atoms with van der Waals surface area (Å²) in [5.74, 6) is 0. The number of halogens is 1. The quantitative estimate of drug-likeness (QED) is 0.198. The van der Waals surface area contributed by atoms with E-state index in [1.165, 1.54) is 5.56 Å². The van der Waals surface area contributed by atoms with Gasteiger partial charge in [0.15, 0.2) is 0 Å². The first-order valence-electron chi connectivity index (χ1n) is 16.8. The fourth-order valence-electron chi connectivity index (χ4n) is 5.13. The Morgan fingerprint density at radius 3 is 1.45 bits per heavy atom. The van der Waals surface area contributed by atoms with Crippen LogP contribution in [0.3, 0.4) is 0 Å². The van der Waals surface area contributed by atoms with Crippen LogP contribution in [0.25, 0.3) is 0 Å². The van der Waals surface area contributed by atoms with Crippen LogP contribution in [0.2, 0.25) is 0 Å². The maximum Gasteiger partial charge on any atom is 0.319 e. The molecule has 1 atom stereocenters. The van der Waals surface area contributed by atoms with Crippen molar-refractivity contribution in [3.8, 4) is 0 Å². The molecule has 1 unspecified atom stereocenters. The molecule has 17 heteroatoms. The molecule has 2 saturated carbocycles. The molecule has 12 nitrogen and oxygen atoms in total. The van der Waals surface area contributed by atoms with E-state index in [0.717, 1.165) is 68.6 Å². The molecule has 0 bridgehead atoms. The zero-order valence-electron chi connectivity index (χ0n) is 29.1. The van der Waals surface area contributed by atoms with Crippen molar-refractivity contribution in [3.63, 3.8) is 0 Å². The van der Waals surface area contributed by atoms with Crippen LogP contribution >= 0.6 is 20.5 Å². The molecule has 2 aliphatic heterocycles. The van der Waals surface area contributed by atoms with Gasteiger partial charge >= 0.3 is 12.1 Å². The van der Waals surface area contributed by atoms with Crippen molar-refractivity contribution in [2.75, 3.05) is 36.8 Å². The van der Waals surface area contributed by atoms with Crippen LogP contribution in [-0.2, 0) is 19.1 Å². The summed E-state index contributed by atoms with van der Waals surface area (Å²) in [6.07, 6.45) is 6.42. The molecular formula is C32H50ClN6O6PS2U. The van der Waals surface area contributed by atoms with Crippen LogP contribution in [0, 0.1) is 45.0 Å². The second-order valence-electron chi connectivity index (χ2n) is 12.5. The molecule has 5 N–H and O–H groups in total. The molecular weight excluding hydrogens is 933 g/mol. The molecule has 0 radical (unpaired) electrons. The maximum atomic E-state index is 12.2. The third kappa shape index (κ3) is 15.8. The number of aryl methyl sites for hydroxylation is 2. The van der Waals surface area contributed by atoms with Crippen LogP contribution in [-0.4, -0.2) is 83.2 Å². The standard InChI is InChI=1S/C16H23N3O3S.C13H19N3O.C3H5ClO2S.H3P.U/c1-12-2-4-13(5-3-12)17-16(20)18-14-8-10-19(11-9-14)23(21,22)15-6-7-15;1-10-2-4-11(5-3-10)15-13(17)16-12-6-8-14-9-7-12;4-7(5,6)3-1-2-3;;/h2-5,14-15H,6-11H2,1H3,(H2,17,18,20);2-5,12,14H,6-9H2,1H3,(H2,15,16,17);3H,1-2H2;1H3;/i;;;1T;. The van der Waals surface area contributed by atoms with E-state index in [4.69, 9.17) is 12.0 Å². The Balaban J connectivity index is 0.000000281. The Labute approximate surface area is 324 Å². The first kappa shape index (κ1) is 42.0. The largest absolute Gasteiger partial charge is 0.335 e. The van der Waals surface area contributed by atoms with E-state index in [1.54, 1.807) is 14.1 Å². The average Bonchev–Trinajstić information content (AvgIpc) is 3.98. The molecule has 0 aromatic heterocycles. The van der Waals surface area contributed by atoms with Crippen molar-refractivity contribution >= 4 is 63.0 Å². The molecule has 4 aliphatic rings. The Kier molecular flexibility index (Phi) is 17.6. The molecule has 2 aromatic carbocycles. The molecule has 49 heavy (non-hydrogen) atoms. The van der Waals surface area contributed by atoms with Crippen molar-refractivity contribution < 1.29 is 57.5 Å². The SMILES string of the molecule is Cc1ccc(NC(=O)NC2CCN(S(=O)(=O)C3CC3)CC2)cc1.Cc1ccc(NC(=O)NC2CCNCC2)cc1.O=S(=O)(Cl)C1CC1.[3H]P.[U]. The molecule has 2 aliphatic carbocycles. The second kappa shape index (κ2) is 20.6. The molecule has 2 saturated heterocycles. The third-order valence-corrected chi connectivity index (χ3v) is 12.7. The van der Waals surface area contributed by atoms with E-state index in [9.17, 15) is 26.4 Å². The summed E-state index contributed by atoms with van der Waals surface area (Å²) < 4.78 is 51.9. The summed E-state index contributed by atoms with van der Waals surface area (Å²) in [5, 5.41) is 14.5. The van der Waals surface area contributed by atoms with Gasteiger partial charge in [-0.05, 0) is 103 Å². The third-order valence-electron chi connectivity index (χ3n) is 8.31. The summed E-state index contributed by atoms with van der Waals surface area (Å²) in [6, 6.07) is 15.4. The number of benzene rings is 2. The van der Waals surface area contributed by atoms with Crippen LogP contribution in [0.4, 0.5) is 21.0 Å². The zero-order chi connectivity index (χ0) is 36.0. The topological polar surface area (TPSA) is 166 Å². The fraction of sp³-hybridized carbons (Fsp3) is 0.562. The van der Waals surface area contributed by atoms with Gasteiger partial charge in [-0.25, -0.2) is 30.7 Å². The number of hydrogen-bond acceptors (Lipinski definition) is 7. The van der Waals surface area contributed by atoms with Gasteiger partial charge < -0.3 is 26.6 Å². The van der Waals surface area contributed by atoms with Crippen molar-refractivity contribution in [1.82, 2.24) is 20.3 Å². The average molecular weight is 985 g/mol. The number of carbonyl (C=O) groups excluding carboxylic acids is 2. The Bertz CT molecular complexity index is 1560. The minimum atomic E-state index is -3.16. The monoisotopic (exact) mass is 984 g/mol. The van der Waals surface area contributed by atoms with Crippen LogP contribution in [0.5, 0.6) is 0 Å². The van der Waals surface area contributed by atoms with Gasteiger partial charge in [0.05, 0.1) is 11.8 Å². The Morgan fingerprint density at radius 1 is 0.714 bits per heavy atom. The van der Waals surface area contributed by atoms with Gasteiger partial charge in [-0.1, -0.05) is 35.4 Å². The molecule has 4 amide bonds. The predicted molar refractivity (Wildman–Crippen MR) is 198 cm³/mol. The number of sulfonamides is 1. The number of piperidine rings is 2. The number of hydrogen-bond donors (Lipinski definition) is 5. The molecule has 2 aromatic rings. The summed E-state index contributed by atoms with van der Waals surface area (Å²) in [4.78, 5) is 23.7. The van der Waals surface area contributed by atoms with Gasteiger partial charge in [-0.3, -0.25) is 0 Å². The van der Waals surface area contributed by atoms with Gasteiger partial charge in [-0.15, -0.1) is 0 Å². The zero-order valence-corrected chi connectivity index (χ0v) is 35.8.